The van der Waals surface area contributed by atoms with E-state index in [1.807, 2.05) is 42.7 Å². The number of carbonyl (C=O) groups is 1. The first-order chi connectivity index (χ1) is 22.4. The lowest BCUT2D eigenvalue weighted by Crippen LogP contribution is -2.49. The number of ether oxygens (including phenoxy) is 2. The van der Waals surface area contributed by atoms with Gasteiger partial charge in [-0.3, -0.25) is 0 Å². The van der Waals surface area contributed by atoms with Crippen LogP contribution in [0.2, 0.25) is 5.02 Å². The van der Waals surface area contributed by atoms with Gasteiger partial charge in [-0.05, 0) is 122 Å². The highest BCUT2D eigenvalue weighted by Gasteiger charge is 2.44. The molecule has 0 saturated heterocycles. The molecule has 3 aromatic rings. The molecule has 6 atom stereocenters. The fourth-order valence-corrected chi connectivity index (χ4v) is 9.46. The van der Waals surface area contributed by atoms with Gasteiger partial charge < -0.3 is 14.4 Å². The molecule has 6 nitrogen and oxygen atoms in total. The average molecular weight is 658 g/mol. The summed E-state index contributed by atoms with van der Waals surface area (Å²) in [7, 11) is 1.44. The van der Waals surface area contributed by atoms with E-state index in [-0.39, 0.29) is 11.4 Å². The van der Waals surface area contributed by atoms with Gasteiger partial charge in [0.25, 0.3) is 0 Å². The molecule has 0 N–H and O–H groups in total. The monoisotopic (exact) mass is 657 g/mol. The van der Waals surface area contributed by atoms with Gasteiger partial charge in [-0.25, -0.2) is 14.8 Å². The first kappa shape index (κ1) is 31.6. The number of nitrogens with zero attached hydrogens (tertiary/aromatic N) is 3. The molecule has 2 fully saturated rings. The van der Waals surface area contributed by atoms with Gasteiger partial charge in [0.05, 0.1) is 25.0 Å². The van der Waals surface area contributed by atoms with Crippen molar-refractivity contribution < 1.29 is 14.3 Å². The van der Waals surface area contributed by atoms with Gasteiger partial charge in [-0.15, -0.1) is 0 Å². The lowest BCUT2D eigenvalue weighted by Gasteiger charge is -2.46. The second-order valence-corrected chi connectivity index (χ2v) is 15.3. The number of thioether (sulfide) groups is 1. The Morgan fingerprint density at radius 1 is 1.15 bits per heavy atom. The Balaban J connectivity index is 1.08. The van der Waals surface area contributed by atoms with E-state index >= 15 is 0 Å². The third kappa shape index (κ3) is 6.42. The molecule has 2 saturated carbocycles. The zero-order chi connectivity index (χ0) is 31.7. The topological polar surface area (TPSA) is 64.5 Å². The van der Waals surface area contributed by atoms with Gasteiger partial charge in [-0.1, -0.05) is 48.5 Å². The summed E-state index contributed by atoms with van der Waals surface area (Å²) in [5.41, 5.74) is 4.15. The van der Waals surface area contributed by atoms with Crippen molar-refractivity contribution in [2.45, 2.75) is 62.4 Å². The highest BCUT2D eigenvalue weighted by molar-refractivity contribution is 7.99. The average Bonchev–Trinajstić information content (AvgIpc) is 3.19. The maximum absolute atomic E-state index is 12.6. The molecule has 1 aliphatic heterocycles. The molecule has 0 amide bonds. The zero-order valence-corrected chi connectivity index (χ0v) is 28.4. The normalized spacial score (nSPS) is 27.5. The molecule has 242 valence electrons. The van der Waals surface area contributed by atoms with E-state index < -0.39 is 0 Å². The van der Waals surface area contributed by atoms with Crippen LogP contribution in [0.15, 0.2) is 72.2 Å². The minimum Gasteiger partial charge on any atom is -0.490 e. The number of allylic oxidation sites excluding steroid dienone is 2. The summed E-state index contributed by atoms with van der Waals surface area (Å²) >= 11 is 8.23. The van der Waals surface area contributed by atoms with Crippen LogP contribution < -0.4 is 9.64 Å². The molecule has 3 aliphatic carbocycles. The third-order valence-corrected chi connectivity index (χ3v) is 12.5. The predicted molar refractivity (Wildman–Crippen MR) is 185 cm³/mol. The number of halogens is 1. The van der Waals surface area contributed by atoms with Crippen molar-refractivity contribution in [3.05, 3.63) is 88.7 Å². The Morgan fingerprint density at radius 2 is 2.00 bits per heavy atom. The number of benzene rings is 2. The molecule has 0 bridgehead atoms. The van der Waals surface area contributed by atoms with Gasteiger partial charge in [0, 0.05) is 41.7 Å². The largest absolute Gasteiger partial charge is 0.490 e. The predicted octanol–water partition coefficient (Wildman–Crippen LogP) is 8.43. The number of carbonyl (C=O) groups excluding carboxylic acids is 1. The maximum Gasteiger partial charge on any atom is 0.337 e. The van der Waals surface area contributed by atoms with Crippen LogP contribution in [-0.4, -0.2) is 48.5 Å². The summed E-state index contributed by atoms with van der Waals surface area (Å²) in [4.78, 5) is 23.9. The van der Waals surface area contributed by atoms with Crippen LogP contribution in [-0.2, 0) is 16.6 Å². The molecule has 0 radical (unpaired) electrons. The van der Waals surface area contributed by atoms with Gasteiger partial charge in [-0.2, -0.15) is 0 Å². The quantitative estimate of drug-likeness (QED) is 0.0990. The second-order valence-electron chi connectivity index (χ2n) is 13.9. The van der Waals surface area contributed by atoms with Crippen LogP contribution in [0.1, 0.15) is 66.9 Å². The molecule has 0 unspecified atom stereocenters. The molecule has 1 aromatic heterocycles. The van der Waals surface area contributed by atoms with E-state index in [1.165, 1.54) is 43.9 Å². The fraction of sp³-hybridized carbons (Fsp3) is 0.500. The standard InChI is InChI=1S/C38H44ClN3O3S/c1-25(6-7-26-8-9-30(26)22-46-37-40-17-4-18-41-37)32-13-10-29(32)21-42-23-38(16-3-5-27-19-31(39)12-14-33(27)38)24-45-35-15-11-28(20-34(35)42)36(43)44-2/h4,6-7,11-12,14-15,17-20,25-26,29-30,32H,3,5,8-10,13,16,21-24H2,1-2H3/b7-6-/t25-,26-,29-,30+,32-,38-/m0/s1. The Kier molecular flexibility index (Phi) is 9.33. The molecule has 2 aromatic carbocycles. The maximum atomic E-state index is 12.6. The van der Waals surface area contributed by atoms with Crippen LogP contribution in [0.5, 0.6) is 5.75 Å². The van der Waals surface area contributed by atoms with Crippen LogP contribution in [0.4, 0.5) is 5.69 Å². The Bertz CT molecular complexity index is 1580. The smallest absolute Gasteiger partial charge is 0.337 e. The van der Waals surface area contributed by atoms with Gasteiger partial charge in [0.15, 0.2) is 5.16 Å². The van der Waals surface area contributed by atoms with Crippen molar-refractivity contribution in [1.82, 2.24) is 9.97 Å². The summed E-state index contributed by atoms with van der Waals surface area (Å²) in [5, 5.41) is 1.68. The number of fused-ring (bicyclic) bond motifs is 3. The highest BCUT2D eigenvalue weighted by Crippen LogP contribution is 2.48. The molecule has 1 spiro atoms. The Hall–Kier alpha value is -3.03. The third-order valence-electron chi connectivity index (χ3n) is 11.2. The van der Waals surface area contributed by atoms with E-state index in [4.69, 9.17) is 21.1 Å². The van der Waals surface area contributed by atoms with Crippen molar-refractivity contribution in [1.29, 1.82) is 0 Å². The number of aryl methyl sites for hydroxylation is 1. The van der Waals surface area contributed by atoms with Crippen molar-refractivity contribution >= 4 is 35.0 Å². The highest BCUT2D eigenvalue weighted by atomic mass is 35.5. The number of hydrogen-bond donors (Lipinski definition) is 0. The number of hydrogen-bond acceptors (Lipinski definition) is 7. The van der Waals surface area contributed by atoms with Crippen LogP contribution >= 0.6 is 23.4 Å². The number of methoxy groups -OCH3 is 1. The van der Waals surface area contributed by atoms with E-state index in [9.17, 15) is 4.79 Å². The van der Waals surface area contributed by atoms with E-state index in [0.29, 0.717) is 41.8 Å². The van der Waals surface area contributed by atoms with E-state index in [1.54, 1.807) is 11.8 Å². The summed E-state index contributed by atoms with van der Waals surface area (Å²) < 4.78 is 11.7. The van der Waals surface area contributed by atoms with Crippen molar-refractivity contribution in [3.8, 4) is 5.75 Å². The second kappa shape index (κ2) is 13.6. The fourth-order valence-electron chi connectivity index (χ4n) is 8.21. The number of esters is 1. The zero-order valence-electron chi connectivity index (χ0n) is 26.9. The molecular weight excluding hydrogens is 614 g/mol. The molecule has 46 heavy (non-hydrogen) atoms. The lowest BCUT2D eigenvalue weighted by atomic mass is 9.66. The summed E-state index contributed by atoms with van der Waals surface area (Å²) in [6, 6.07) is 14.0. The van der Waals surface area contributed by atoms with Crippen molar-refractivity contribution in [2.24, 2.45) is 29.6 Å². The number of rotatable bonds is 9. The molecule has 4 aliphatic rings. The Labute approximate surface area is 282 Å². The first-order valence-corrected chi connectivity index (χ1v) is 18.3. The van der Waals surface area contributed by atoms with E-state index in [0.717, 1.165) is 59.7 Å². The summed E-state index contributed by atoms with van der Waals surface area (Å²) in [5.74, 6) is 4.74. The molecule has 2 heterocycles. The summed E-state index contributed by atoms with van der Waals surface area (Å²) in [6.45, 7) is 4.84. The SMILES string of the molecule is COC(=O)c1ccc2c(c1)N(C[C@@H]1CC[C@H]1[C@@H](C)/C=C\[C@H]1CC[C@@H]1CSc1ncccn1)C[C@@]1(CCCc3cc(Cl)ccc31)CO2. The summed E-state index contributed by atoms with van der Waals surface area (Å²) in [6.07, 6.45) is 17.0. The molecular formula is C38H44ClN3O3S. The van der Waals surface area contributed by atoms with E-state index in [2.05, 4.69) is 46.1 Å². The van der Waals surface area contributed by atoms with Gasteiger partial charge >= 0.3 is 5.97 Å². The molecule has 8 heteroatoms. The minimum atomic E-state index is -0.316. The van der Waals surface area contributed by atoms with Crippen LogP contribution in [0, 0.1) is 29.6 Å². The van der Waals surface area contributed by atoms with Gasteiger partial charge in [0.1, 0.15) is 5.75 Å². The number of anilines is 1. The van der Waals surface area contributed by atoms with Gasteiger partial charge in [0.2, 0.25) is 0 Å². The van der Waals surface area contributed by atoms with Crippen molar-refractivity contribution in [2.75, 3.05) is 37.5 Å². The first-order valence-electron chi connectivity index (χ1n) is 16.9. The molecule has 7 rings (SSSR count). The Morgan fingerprint density at radius 3 is 2.76 bits per heavy atom. The van der Waals surface area contributed by atoms with Crippen LogP contribution in [0.3, 0.4) is 0 Å². The van der Waals surface area contributed by atoms with Crippen molar-refractivity contribution in [3.63, 3.8) is 0 Å². The lowest BCUT2D eigenvalue weighted by molar-refractivity contribution is 0.0600. The number of aromatic nitrogens is 2. The minimum absolute atomic E-state index is 0.130. The van der Waals surface area contributed by atoms with Crippen LogP contribution in [0.25, 0.3) is 0 Å².